The molecule has 2 saturated heterocycles. The van der Waals surface area contributed by atoms with Gasteiger partial charge in [0.1, 0.15) is 0 Å². The maximum atomic E-state index is 14.1. The minimum Gasteiger partial charge on any atom is -0.462 e. The van der Waals surface area contributed by atoms with Crippen LogP contribution in [0.1, 0.15) is 46.8 Å². The number of nitrogens with one attached hydrogen (secondary N) is 1. The van der Waals surface area contributed by atoms with Crippen molar-refractivity contribution in [1.82, 2.24) is 29.5 Å². The van der Waals surface area contributed by atoms with Gasteiger partial charge in [-0.05, 0) is 75.3 Å². The largest absolute Gasteiger partial charge is 0.462 e. The molecule has 0 unspecified atom stereocenters. The van der Waals surface area contributed by atoms with Gasteiger partial charge in [0.25, 0.3) is 5.91 Å². The molecule has 2 aliphatic rings. The molecule has 6 rings (SSSR count). The maximum Gasteiger partial charge on any atom is 0.418 e. The summed E-state index contributed by atoms with van der Waals surface area (Å²) in [5.41, 5.74) is 5.48. The normalized spacial score (nSPS) is 15.7. The van der Waals surface area contributed by atoms with Crippen molar-refractivity contribution in [3.05, 3.63) is 98.9 Å². The number of esters is 1. The number of hydrogen-bond acceptors (Lipinski definition) is 10. The molecule has 4 aromatic rings. The lowest BCUT2D eigenvalue weighted by atomic mass is 10.0. The number of piperazine rings is 1. The highest BCUT2D eigenvalue weighted by Crippen LogP contribution is 2.38. The number of likely N-dealkylation sites (tertiary alicyclic amines) is 1. The minimum absolute atomic E-state index is 0.0125. The zero-order valence-electron chi connectivity index (χ0n) is 32.2. The van der Waals surface area contributed by atoms with Crippen molar-refractivity contribution in [3.8, 4) is 11.4 Å². The Hall–Kier alpha value is -5.55. The lowest BCUT2D eigenvalue weighted by molar-refractivity contribution is -0.141. The molecule has 0 saturated carbocycles. The van der Waals surface area contributed by atoms with Crippen LogP contribution in [0.25, 0.3) is 11.4 Å². The van der Waals surface area contributed by atoms with Gasteiger partial charge >= 0.3 is 23.9 Å². The van der Waals surface area contributed by atoms with E-state index in [1.54, 1.807) is 24.3 Å². The van der Waals surface area contributed by atoms with Crippen molar-refractivity contribution >= 4 is 40.9 Å². The number of aromatic amines is 1. The van der Waals surface area contributed by atoms with Crippen molar-refractivity contribution in [2.75, 3.05) is 77.1 Å². The van der Waals surface area contributed by atoms with Crippen molar-refractivity contribution in [1.29, 1.82) is 0 Å². The summed E-state index contributed by atoms with van der Waals surface area (Å²) in [4.78, 5) is 62.7. The molecular formula is C40H46ClF3N8O6. The number of ether oxygens (including phenoxy) is 2. The summed E-state index contributed by atoms with van der Waals surface area (Å²) in [7, 11) is 3.89. The van der Waals surface area contributed by atoms with Gasteiger partial charge in [0.05, 0.1) is 34.5 Å². The fourth-order valence-electron chi connectivity index (χ4n) is 7.05. The first-order chi connectivity index (χ1) is 27.7. The summed E-state index contributed by atoms with van der Waals surface area (Å²) in [6.45, 7) is 2.73. The van der Waals surface area contributed by atoms with Crippen LogP contribution in [0.15, 0.2) is 71.5 Å². The van der Waals surface area contributed by atoms with E-state index in [-0.39, 0.29) is 54.9 Å². The monoisotopic (exact) mass is 826 g/mol. The molecule has 3 aromatic carbocycles. The number of piperidine rings is 1. The van der Waals surface area contributed by atoms with Gasteiger partial charge in [-0.2, -0.15) is 13.2 Å². The van der Waals surface area contributed by atoms with Gasteiger partial charge in [0.2, 0.25) is 0 Å². The third-order valence-electron chi connectivity index (χ3n) is 10.2. The first kappa shape index (κ1) is 42.1. The quantitative estimate of drug-likeness (QED) is 0.109. The number of nitrogen functional groups attached to an aromatic ring is 1. The fraction of sp³-hybridized carbons (Fsp3) is 0.425. The van der Waals surface area contributed by atoms with Gasteiger partial charge in [-0.1, -0.05) is 41.9 Å². The molecule has 0 aliphatic carbocycles. The first-order valence-electron chi connectivity index (χ1n) is 19.0. The first-order valence-corrected chi connectivity index (χ1v) is 19.4. The molecule has 18 heteroatoms. The van der Waals surface area contributed by atoms with Crippen LogP contribution >= 0.6 is 11.6 Å². The van der Waals surface area contributed by atoms with E-state index in [1.165, 1.54) is 20.5 Å². The number of hydrogen-bond donors (Lipinski definition) is 2. The maximum absolute atomic E-state index is 14.1. The second kappa shape index (κ2) is 18.4. The number of aromatic nitrogens is 3. The highest BCUT2D eigenvalue weighted by atomic mass is 35.5. The minimum atomic E-state index is -4.82. The number of anilines is 2. The summed E-state index contributed by atoms with van der Waals surface area (Å²) < 4.78 is 54.2. The fourth-order valence-corrected chi connectivity index (χ4v) is 7.29. The third kappa shape index (κ3) is 10.3. The number of H-pyrrole nitrogens is 1. The van der Waals surface area contributed by atoms with Crippen molar-refractivity contribution in [3.63, 3.8) is 0 Å². The van der Waals surface area contributed by atoms with Crippen molar-refractivity contribution in [2.24, 2.45) is 0 Å². The highest BCUT2D eigenvalue weighted by molar-refractivity contribution is 6.33. The molecule has 0 radical (unpaired) electrons. The molecule has 2 amide bonds. The topological polar surface area (TPSA) is 159 Å². The van der Waals surface area contributed by atoms with Crippen molar-refractivity contribution in [2.45, 2.75) is 44.0 Å². The lowest BCUT2D eigenvalue weighted by Crippen LogP contribution is -2.53. The Bertz CT molecular complexity index is 2110. The smallest absolute Gasteiger partial charge is 0.418 e. The van der Waals surface area contributed by atoms with E-state index in [2.05, 4.69) is 10.1 Å². The average molecular weight is 827 g/mol. The van der Waals surface area contributed by atoms with Gasteiger partial charge in [-0.15, -0.1) is 5.10 Å². The molecule has 14 nitrogen and oxygen atoms in total. The Morgan fingerprint density at radius 2 is 1.64 bits per heavy atom. The van der Waals surface area contributed by atoms with E-state index >= 15 is 0 Å². The standard InChI is InChI=1S/C40H46ClF3N8O6/c1-48(2)15-6-22-57-37(54)28-9-11-29(12-10-28)49-18-20-50(21-19-49)36(53)33(25-26-23-31(40(42,43)44)34(45)32(41)24-26)58-39(56)51-16-13-30(14-17-51)52-38(55)46-35(47-52)27-7-4-3-5-8-27/h3-5,7-12,23-24,30,33H,6,13-22,25,45H2,1-2H3,(H,46,47,55)/t33-/m1/s1. The Morgan fingerprint density at radius 3 is 2.28 bits per heavy atom. The molecule has 0 spiro atoms. The zero-order chi connectivity index (χ0) is 41.6. The molecule has 3 heterocycles. The summed E-state index contributed by atoms with van der Waals surface area (Å²) in [6.07, 6.45) is -6.04. The lowest BCUT2D eigenvalue weighted by Gasteiger charge is -2.38. The number of nitrogens with zero attached hydrogens (tertiary/aromatic N) is 6. The van der Waals surface area contributed by atoms with E-state index in [1.807, 2.05) is 54.2 Å². The SMILES string of the molecule is CN(C)CCCOC(=O)c1ccc(N2CCN(C(=O)[C@@H](Cc3cc(Cl)c(N)c(C(F)(F)F)c3)OC(=O)N3CCC(n4nc(-c5ccccc5)[nH]c4=O)CC3)CC2)cc1. The number of alkyl halides is 3. The van der Waals surface area contributed by atoms with Crippen LogP contribution in [0.5, 0.6) is 0 Å². The highest BCUT2D eigenvalue weighted by Gasteiger charge is 2.37. The predicted octanol–water partition coefficient (Wildman–Crippen LogP) is 5.33. The molecule has 3 N–H and O–H groups in total. The van der Waals surface area contributed by atoms with E-state index in [9.17, 15) is 32.3 Å². The molecule has 2 aliphatic heterocycles. The molecular weight excluding hydrogens is 781 g/mol. The summed E-state index contributed by atoms with van der Waals surface area (Å²) in [5, 5.41) is 4.13. The van der Waals surface area contributed by atoms with Gasteiger partial charge in [0, 0.05) is 63.5 Å². The summed E-state index contributed by atoms with van der Waals surface area (Å²) in [6, 6.07) is 17.9. The van der Waals surface area contributed by atoms with Gasteiger partial charge in [-0.3, -0.25) is 9.78 Å². The Labute approximate surface area is 338 Å². The van der Waals surface area contributed by atoms with Crippen LogP contribution < -0.4 is 16.3 Å². The Balaban J connectivity index is 1.11. The Morgan fingerprint density at radius 1 is 0.966 bits per heavy atom. The molecule has 1 atom stereocenters. The number of halogens is 4. The van der Waals surface area contributed by atoms with Crippen LogP contribution in [0, 0.1) is 0 Å². The third-order valence-corrected chi connectivity index (χ3v) is 10.5. The molecule has 1 aromatic heterocycles. The molecule has 310 valence electrons. The van der Waals surface area contributed by atoms with Gasteiger partial charge in [-0.25, -0.2) is 19.1 Å². The van der Waals surface area contributed by atoms with Crippen LogP contribution in [-0.4, -0.2) is 120 Å². The van der Waals surface area contributed by atoms with Crippen LogP contribution in [0.2, 0.25) is 5.02 Å². The Kier molecular flexibility index (Phi) is 13.3. The summed E-state index contributed by atoms with van der Waals surface area (Å²) in [5.74, 6) is -0.568. The number of rotatable bonds is 12. The average Bonchev–Trinajstić information content (AvgIpc) is 3.61. The number of carbonyl (C=O) groups excluding carboxylic acids is 3. The number of benzene rings is 3. The molecule has 0 bridgehead atoms. The number of carbonyl (C=O) groups is 3. The van der Waals surface area contributed by atoms with Crippen molar-refractivity contribution < 1.29 is 37.0 Å². The van der Waals surface area contributed by atoms with E-state index in [0.29, 0.717) is 50.3 Å². The van der Waals surface area contributed by atoms with Crippen LogP contribution in [0.3, 0.4) is 0 Å². The van der Waals surface area contributed by atoms with Crippen LogP contribution in [-0.2, 0) is 26.9 Å². The summed E-state index contributed by atoms with van der Waals surface area (Å²) >= 11 is 6.12. The van der Waals surface area contributed by atoms with Gasteiger partial charge in [0.15, 0.2) is 11.9 Å². The van der Waals surface area contributed by atoms with Gasteiger partial charge < -0.3 is 34.8 Å². The van der Waals surface area contributed by atoms with E-state index in [0.717, 1.165) is 23.9 Å². The second-order valence-corrected chi connectivity index (χ2v) is 15.0. The number of nitrogens with two attached hydrogens (primary N) is 1. The zero-order valence-corrected chi connectivity index (χ0v) is 33.0. The van der Waals surface area contributed by atoms with E-state index in [4.69, 9.17) is 26.8 Å². The second-order valence-electron chi connectivity index (χ2n) is 14.6. The van der Waals surface area contributed by atoms with E-state index < -0.39 is 41.5 Å². The predicted molar refractivity (Wildman–Crippen MR) is 212 cm³/mol. The van der Waals surface area contributed by atoms with Crippen LogP contribution in [0.4, 0.5) is 29.3 Å². The number of amides is 2. The molecule has 58 heavy (non-hydrogen) atoms. The molecule has 2 fully saturated rings.